The summed E-state index contributed by atoms with van der Waals surface area (Å²) in [5.74, 6) is 1.75. The molecule has 6 heteroatoms. The van der Waals surface area contributed by atoms with Crippen LogP contribution in [0, 0.1) is 0 Å². The minimum absolute atomic E-state index is 0.185. The molecule has 1 heterocycles. The van der Waals surface area contributed by atoms with E-state index < -0.39 is 0 Å². The summed E-state index contributed by atoms with van der Waals surface area (Å²) in [4.78, 5) is 16.8. The molecule has 0 saturated carbocycles. The van der Waals surface area contributed by atoms with Crippen molar-refractivity contribution in [2.24, 2.45) is 0 Å². The molecular weight excluding hydrogens is 330 g/mol. The maximum Gasteiger partial charge on any atom is 0.251 e. The number of pyridine rings is 1. The lowest BCUT2D eigenvalue weighted by molar-refractivity contribution is 0.0954. The Bertz CT molecular complexity index is 889. The second-order valence-electron chi connectivity index (χ2n) is 5.67. The van der Waals surface area contributed by atoms with Crippen LogP contribution in [0.4, 0.5) is 5.82 Å². The first-order valence-electron chi connectivity index (χ1n) is 8.30. The molecule has 1 amide bonds. The fourth-order valence-electron chi connectivity index (χ4n) is 2.57. The number of hydrogen-bond donors (Lipinski definition) is 2. The van der Waals surface area contributed by atoms with Gasteiger partial charge in [-0.1, -0.05) is 18.2 Å². The van der Waals surface area contributed by atoms with Crippen LogP contribution in [0.1, 0.15) is 10.4 Å². The van der Waals surface area contributed by atoms with Crippen LogP contribution >= 0.6 is 0 Å². The molecule has 3 aromatic rings. The first-order valence-corrected chi connectivity index (χ1v) is 8.30. The largest absolute Gasteiger partial charge is 0.497 e. The standard InChI is InChI=1S/C20H21N3O3/c1-25-16-11-15(12-17(13-16)26-2)20(24)22-10-9-21-19-8-7-14-5-3-4-6-18(14)23-19/h3-8,11-13H,9-10H2,1-2H3,(H,21,23)(H,22,24). The number of hydrogen-bond acceptors (Lipinski definition) is 5. The van der Waals surface area contributed by atoms with E-state index in [2.05, 4.69) is 15.6 Å². The summed E-state index contributed by atoms with van der Waals surface area (Å²) >= 11 is 0. The average Bonchev–Trinajstić information content (AvgIpc) is 2.70. The SMILES string of the molecule is COc1cc(OC)cc(C(=O)NCCNc2ccc3ccccc3n2)c1. The topological polar surface area (TPSA) is 72.5 Å². The second-order valence-corrected chi connectivity index (χ2v) is 5.67. The Morgan fingerprint density at radius 3 is 2.42 bits per heavy atom. The third-order valence-corrected chi connectivity index (χ3v) is 3.93. The van der Waals surface area contributed by atoms with Crippen LogP contribution in [0.5, 0.6) is 11.5 Å². The van der Waals surface area contributed by atoms with Crippen LogP contribution in [0.3, 0.4) is 0 Å². The van der Waals surface area contributed by atoms with Crippen molar-refractivity contribution >= 4 is 22.6 Å². The second kappa shape index (κ2) is 8.20. The molecule has 0 aliphatic rings. The van der Waals surface area contributed by atoms with Crippen LogP contribution in [0.15, 0.2) is 54.6 Å². The van der Waals surface area contributed by atoms with E-state index in [1.165, 1.54) is 0 Å². The summed E-state index contributed by atoms with van der Waals surface area (Å²) in [6.45, 7) is 1.03. The van der Waals surface area contributed by atoms with Crippen molar-refractivity contribution in [1.29, 1.82) is 0 Å². The van der Waals surface area contributed by atoms with Crippen molar-refractivity contribution in [3.05, 3.63) is 60.2 Å². The first-order chi connectivity index (χ1) is 12.7. The fraction of sp³-hybridized carbons (Fsp3) is 0.200. The number of benzene rings is 2. The highest BCUT2D eigenvalue weighted by Gasteiger charge is 2.09. The highest BCUT2D eigenvalue weighted by atomic mass is 16.5. The number of amides is 1. The molecule has 2 N–H and O–H groups in total. The molecule has 0 aliphatic carbocycles. The third kappa shape index (κ3) is 4.22. The monoisotopic (exact) mass is 351 g/mol. The lowest BCUT2D eigenvalue weighted by Gasteiger charge is -2.10. The maximum absolute atomic E-state index is 12.3. The van der Waals surface area contributed by atoms with Crippen LogP contribution in [0.25, 0.3) is 10.9 Å². The lowest BCUT2D eigenvalue weighted by Crippen LogP contribution is -2.28. The summed E-state index contributed by atoms with van der Waals surface area (Å²) in [6.07, 6.45) is 0. The summed E-state index contributed by atoms with van der Waals surface area (Å²) < 4.78 is 10.4. The molecule has 0 aliphatic heterocycles. The molecule has 134 valence electrons. The molecule has 6 nitrogen and oxygen atoms in total. The maximum atomic E-state index is 12.3. The zero-order valence-electron chi connectivity index (χ0n) is 14.8. The number of para-hydroxylation sites is 1. The van der Waals surface area contributed by atoms with Gasteiger partial charge in [0, 0.05) is 30.1 Å². The van der Waals surface area contributed by atoms with Gasteiger partial charge in [-0.2, -0.15) is 0 Å². The van der Waals surface area contributed by atoms with Crippen LogP contribution in [-0.4, -0.2) is 38.2 Å². The Labute approximate surface area is 152 Å². The molecule has 0 fully saturated rings. The van der Waals surface area contributed by atoms with Gasteiger partial charge in [0.05, 0.1) is 19.7 Å². The summed E-state index contributed by atoms with van der Waals surface area (Å²) in [5.41, 5.74) is 1.43. The van der Waals surface area contributed by atoms with Gasteiger partial charge < -0.3 is 20.1 Å². The lowest BCUT2D eigenvalue weighted by atomic mass is 10.2. The van der Waals surface area contributed by atoms with E-state index in [1.54, 1.807) is 32.4 Å². The molecule has 0 spiro atoms. The summed E-state index contributed by atoms with van der Waals surface area (Å²) in [7, 11) is 3.11. The molecule has 26 heavy (non-hydrogen) atoms. The van der Waals surface area contributed by atoms with Gasteiger partial charge in [-0.25, -0.2) is 4.98 Å². The van der Waals surface area contributed by atoms with E-state index in [-0.39, 0.29) is 5.91 Å². The molecule has 3 rings (SSSR count). The Morgan fingerprint density at radius 1 is 0.962 bits per heavy atom. The fourth-order valence-corrected chi connectivity index (χ4v) is 2.57. The number of carbonyl (C=O) groups excluding carboxylic acids is 1. The zero-order chi connectivity index (χ0) is 18.4. The number of anilines is 1. The van der Waals surface area contributed by atoms with Crippen molar-refractivity contribution in [3.8, 4) is 11.5 Å². The number of rotatable bonds is 7. The predicted octanol–water partition coefficient (Wildman–Crippen LogP) is 3.09. The highest BCUT2D eigenvalue weighted by Crippen LogP contribution is 2.22. The van der Waals surface area contributed by atoms with E-state index >= 15 is 0 Å². The number of carbonyl (C=O) groups is 1. The van der Waals surface area contributed by atoms with Gasteiger partial charge in [-0.15, -0.1) is 0 Å². The van der Waals surface area contributed by atoms with E-state index in [0.29, 0.717) is 30.2 Å². The molecular formula is C20H21N3O3. The number of aromatic nitrogens is 1. The van der Waals surface area contributed by atoms with Crippen molar-refractivity contribution in [1.82, 2.24) is 10.3 Å². The minimum Gasteiger partial charge on any atom is -0.497 e. The van der Waals surface area contributed by atoms with Crippen LogP contribution in [-0.2, 0) is 0 Å². The van der Waals surface area contributed by atoms with Gasteiger partial charge in [0.25, 0.3) is 5.91 Å². The number of methoxy groups -OCH3 is 2. The van der Waals surface area contributed by atoms with E-state index in [0.717, 1.165) is 16.7 Å². The molecule has 1 aromatic heterocycles. The Hall–Kier alpha value is -3.28. The number of nitrogens with zero attached hydrogens (tertiary/aromatic N) is 1. The van der Waals surface area contributed by atoms with Crippen molar-refractivity contribution in [3.63, 3.8) is 0 Å². The van der Waals surface area contributed by atoms with Crippen molar-refractivity contribution < 1.29 is 14.3 Å². The summed E-state index contributed by atoms with van der Waals surface area (Å²) in [5, 5.41) is 7.18. The molecule has 0 bridgehead atoms. The van der Waals surface area contributed by atoms with Gasteiger partial charge in [-0.3, -0.25) is 4.79 Å². The molecule has 0 unspecified atom stereocenters. The number of nitrogens with one attached hydrogen (secondary N) is 2. The normalized spacial score (nSPS) is 10.4. The Kier molecular flexibility index (Phi) is 5.53. The zero-order valence-corrected chi connectivity index (χ0v) is 14.8. The first kappa shape index (κ1) is 17.5. The predicted molar refractivity (Wildman–Crippen MR) is 102 cm³/mol. The Balaban J connectivity index is 1.55. The average molecular weight is 351 g/mol. The van der Waals surface area contributed by atoms with Gasteiger partial charge in [0.15, 0.2) is 0 Å². The highest BCUT2D eigenvalue weighted by molar-refractivity contribution is 5.95. The number of fused-ring (bicyclic) bond motifs is 1. The van der Waals surface area contributed by atoms with E-state index in [1.807, 2.05) is 36.4 Å². The Morgan fingerprint density at radius 2 is 1.69 bits per heavy atom. The van der Waals surface area contributed by atoms with E-state index in [4.69, 9.17) is 9.47 Å². The van der Waals surface area contributed by atoms with Gasteiger partial charge in [0.2, 0.25) is 0 Å². The van der Waals surface area contributed by atoms with Crippen molar-refractivity contribution in [2.45, 2.75) is 0 Å². The summed E-state index contributed by atoms with van der Waals surface area (Å²) in [6, 6.07) is 17.0. The number of ether oxygens (including phenoxy) is 2. The molecule has 0 radical (unpaired) electrons. The van der Waals surface area contributed by atoms with Crippen LogP contribution < -0.4 is 20.1 Å². The molecule has 0 saturated heterocycles. The molecule has 0 atom stereocenters. The van der Waals surface area contributed by atoms with Crippen molar-refractivity contribution in [2.75, 3.05) is 32.6 Å². The minimum atomic E-state index is -0.185. The van der Waals surface area contributed by atoms with Gasteiger partial charge >= 0.3 is 0 Å². The van der Waals surface area contributed by atoms with Gasteiger partial charge in [0.1, 0.15) is 17.3 Å². The van der Waals surface area contributed by atoms with Crippen LogP contribution in [0.2, 0.25) is 0 Å². The quantitative estimate of drug-likeness (QED) is 0.640. The molecule has 2 aromatic carbocycles. The van der Waals surface area contributed by atoms with Gasteiger partial charge in [-0.05, 0) is 30.3 Å². The van der Waals surface area contributed by atoms with E-state index in [9.17, 15) is 4.79 Å². The third-order valence-electron chi connectivity index (χ3n) is 3.93. The smallest absolute Gasteiger partial charge is 0.251 e.